The molecular formula is C20H35N3O3S. The van der Waals surface area contributed by atoms with Crippen molar-refractivity contribution in [2.45, 2.75) is 69.5 Å². The first-order valence-corrected chi connectivity index (χ1v) is 12.7. The molecule has 7 heteroatoms. The van der Waals surface area contributed by atoms with Crippen molar-refractivity contribution in [2.75, 3.05) is 38.2 Å². The maximum absolute atomic E-state index is 12.2. The first-order chi connectivity index (χ1) is 12.9. The van der Waals surface area contributed by atoms with Crippen LogP contribution in [0.5, 0.6) is 0 Å². The number of hydrogen-bond acceptors (Lipinski definition) is 5. The zero-order chi connectivity index (χ0) is 19.0. The van der Waals surface area contributed by atoms with Crippen LogP contribution in [0, 0.1) is 11.8 Å². The van der Waals surface area contributed by atoms with Crippen LogP contribution in [0.3, 0.4) is 0 Å². The molecule has 0 saturated carbocycles. The summed E-state index contributed by atoms with van der Waals surface area (Å²) in [6.07, 6.45) is 8.44. The van der Waals surface area contributed by atoms with Gasteiger partial charge < -0.3 is 10.2 Å². The highest BCUT2D eigenvalue weighted by atomic mass is 32.2. The van der Waals surface area contributed by atoms with Gasteiger partial charge in [0.2, 0.25) is 5.91 Å². The third kappa shape index (κ3) is 4.35. The first kappa shape index (κ1) is 19.6. The Bertz CT molecular complexity index is 651. The molecule has 1 unspecified atom stereocenters. The average Bonchev–Trinajstić information content (AvgIpc) is 2.96. The molecule has 1 N–H and O–H groups in total. The Morgan fingerprint density at radius 1 is 1.15 bits per heavy atom. The van der Waals surface area contributed by atoms with E-state index in [9.17, 15) is 13.2 Å². The SMILES string of the molecule is CN1C[C@@H]2CCCN3CCC[C@@H]([C@H]23)[C@H]1CCCC(=O)NC1CCS(=O)(=O)C1. The number of likely N-dealkylation sites (tertiary alicyclic amines) is 1. The molecule has 154 valence electrons. The van der Waals surface area contributed by atoms with Crippen LogP contribution >= 0.6 is 0 Å². The Morgan fingerprint density at radius 3 is 2.67 bits per heavy atom. The molecule has 4 rings (SSSR count). The third-order valence-electron chi connectivity index (χ3n) is 7.43. The highest BCUT2D eigenvalue weighted by molar-refractivity contribution is 7.91. The molecule has 0 spiro atoms. The lowest BCUT2D eigenvalue weighted by Crippen LogP contribution is -2.63. The molecule has 4 saturated heterocycles. The van der Waals surface area contributed by atoms with Crippen molar-refractivity contribution >= 4 is 15.7 Å². The third-order valence-corrected chi connectivity index (χ3v) is 9.20. The van der Waals surface area contributed by atoms with Crippen molar-refractivity contribution in [3.05, 3.63) is 0 Å². The number of carbonyl (C=O) groups excluding carboxylic acids is 1. The van der Waals surface area contributed by atoms with E-state index < -0.39 is 9.84 Å². The maximum atomic E-state index is 12.2. The van der Waals surface area contributed by atoms with E-state index in [1.54, 1.807) is 0 Å². The van der Waals surface area contributed by atoms with E-state index in [2.05, 4.69) is 22.2 Å². The fourth-order valence-electron chi connectivity index (χ4n) is 6.32. The predicted molar refractivity (Wildman–Crippen MR) is 106 cm³/mol. The van der Waals surface area contributed by atoms with Gasteiger partial charge in [-0.05, 0) is 76.9 Å². The van der Waals surface area contributed by atoms with Crippen molar-refractivity contribution < 1.29 is 13.2 Å². The summed E-state index contributed by atoms with van der Waals surface area (Å²) >= 11 is 0. The number of rotatable bonds is 5. The van der Waals surface area contributed by atoms with Crippen LogP contribution in [0.4, 0.5) is 0 Å². The van der Waals surface area contributed by atoms with Gasteiger partial charge in [-0.15, -0.1) is 0 Å². The Balaban J connectivity index is 1.28. The molecule has 0 aliphatic carbocycles. The van der Waals surface area contributed by atoms with Crippen LogP contribution in [-0.2, 0) is 14.6 Å². The van der Waals surface area contributed by atoms with Gasteiger partial charge in [0.1, 0.15) is 0 Å². The van der Waals surface area contributed by atoms with Gasteiger partial charge in [-0.25, -0.2) is 8.42 Å². The summed E-state index contributed by atoms with van der Waals surface area (Å²) in [6, 6.07) is 1.19. The van der Waals surface area contributed by atoms with Crippen LogP contribution in [0.1, 0.15) is 51.4 Å². The van der Waals surface area contributed by atoms with E-state index in [1.165, 1.54) is 45.3 Å². The number of sulfone groups is 1. The second-order valence-electron chi connectivity index (χ2n) is 9.30. The highest BCUT2D eigenvalue weighted by Gasteiger charge is 2.47. The second-order valence-corrected chi connectivity index (χ2v) is 11.5. The van der Waals surface area contributed by atoms with Gasteiger partial charge in [0, 0.05) is 31.1 Å². The van der Waals surface area contributed by atoms with Crippen molar-refractivity contribution in [1.82, 2.24) is 15.1 Å². The fourth-order valence-corrected chi connectivity index (χ4v) is 8.00. The number of hydrogen-bond donors (Lipinski definition) is 1. The summed E-state index contributed by atoms with van der Waals surface area (Å²) in [5, 5.41) is 2.93. The topological polar surface area (TPSA) is 69.7 Å². The zero-order valence-electron chi connectivity index (χ0n) is 16.6. The molecule has 1 amide bonds. The zero-order valence-corrected chi connectivity index (χ0v) is 17.4. The number of amides is 1. The van der Waals surface area contributed by atoms with E-state index in [0.29, 0.717) is 18.9 Å². The summed E-state index contributed by atoms with van der Waals surface area (Å²) in [7, 11) is -0.657. The van der Waals surface area contributed by atoms with Crippen molar-refractivity contribution in [1.29, 1.82) is 0 Å². The molecule has 0 aromatic rings. The molecule has 0 bridgehead atoms. The molecule has 0 aromatic carbocycles. The minimum absolute atomic E-state index is 0.0244. The molecular weight excluding hydrogens is 362 g/mol. The van der Waals surface area contributed by atoms with Gasteiger partial charge in [-0.2, -0.15) is 0 Å². The Labute approximate surface area is 164 Å². The van der Waals surface area contributed by atoms with Crippen molar-refractivity contribution in [2.24, 2.45) is 11.8 Å². The van der Waals surface area contributed by atoms with Gasteiger partial charge in [0.15, 0.2) is 9.84 Å². The van der Waals surface area contributed by atoms with Crippen LogP contribution in [-0.4, -0.2) is 80.4 Å². The van der Waals surface area contributed by atoms with E-state index >= 15 is 0 Å². The summed E-state index contributed by atoms with van der Waals surface area (Å²) in [4.78, 5) is 17.6. The minimum Gasteiger partial charge on any atom is -0.352 e. The van der Waals surface area contributed by atoms with Gasteiger partial charge in [-0.3, -0.25) is 9.69 Å². The number of nitrogens with one attached hydrogen (secondary N) is 1. The van der Waals surface area contributed by atoms with Gasteiger partial charge in [-0.1, -0.05) is 0 Å². The second kappa shape index (κ2) is 7.99. The van der Waals surface area contributed by atoms with E-state index in [4.69, 9.17) is 0 Å². The maximum Gasteiger partial charge on any atom is 0.220 e. The highest BCUT2D eigenvalue weighted by Crippen LogP contribution is 2.42. The van der Waals surface area contributed by atoms with Crippen LogP contribution in [0.25, 0.3) is 0 Å². The molecule has 4 aliphatic rings. The van der Waals surface area contributed by atoms with Gasteiger partial charge in [0.25, 0.3) is 0 Å². The summed E-state index contributed by atoms with van der Waals surface area (Å²) in [6.45, 7) is 3.76. The standard InChI is InChI=1S/C20H35N3O3S/c1-22-13-15-5-3-10-23-11-4-6-17(20(15)23)18(22)7-2-8-19(24)21-16-9-12-27(25,26)14-16/h15-18,20H,2-14H2,1H3,(H,21,24)/t15-,16?,17+,18+,20-/m0/s1. The van der Waals surface area contributed by atoms with Crippen molar-refractivity contribution in [3.63, 3.8) is 0 Å². The van der Waals surface area contributed by atoms with E-state index in [-0.39, 0.29) is 23.5 Å². The van der Waals surface area contributed by atoms with Crippen LogP contribution in [0.2, 0.25) is 0 Å². The van der Waals surface area contributed by atoms with Crippen molar-refractivity contribution in [3.8, 4) is 0 Å². The lowest BCUT2D eigenvalue weighted by molar-refractivity contribution is -0.122. The van der Waals surface area contributed by atoms with Crippen LogP contribution < -0.4 is 5.32 Å². The molecule has 4 heterocycles. The van der Waals surface area contributed by atoms with Gasteiger partial charge in [0.05, 0.1) is 11.5 Å². The predicted octanol–water partition coefficient (Wildman–Crippen LogP) is 1.26. The molecule has 6 nitrogen and oxygen atoms in total. The summed E-state index contributed by atoms with van der Waals surface area (Å²) in [5.74, 6) is 1.94. The number of carbonyl (C=O) groups is 1. The normalized spacial score (nSPS) is 39.1. The lowest BCUT2D eigenvalue weighted by atomic mass is 9.69. The molecule has 4 fully saturated rings. The Morgan fingerprint density at radius 2 is 1.93 bits per heavy atom. The number of nitrogens with zero attached hydrogens (tertiary/aromatic N) is 2. The average molecular weight is 398 g/mol. The molecule has 0 aromatic heterocycles. The van der Waals surface area contributed by atoms with E-state index in [0.717, 1.165) is 30.7 Å². The minimum atomic E-state index is -2.93. The largest absolute Gasteiger partial charge is 0.352 e. The molecule has 0 radical (unpaired) electrons. The summed E-state index contributed by atoms with van der Waals surface area (Å²) in [5.41, 5.74) is 0. The molecule has 5 atom stereocenters. The van der Waals surface area contributed by atoms with E-state index in [1.807, 2.05) is 0 Å². The quantitative estimate of drug-likeness (QED) is 0.756. The Kier molecular flexibility index (Phi) is 5.82. The summed E-state index contributed by atoms with van der Waals surface area (Å²) < 4.78 is 23.1. The smallest absolute Gasteiger partial charge is 0.220 e. The number of piperidine rings is 3. The molecule has 27 heavy (non-hydrogen) atoms. The monoisotopic (exact) mass is 397 g/mol. The van der Waals surface area contributed by atoms with Gasteiger partial charge >= 0.3 is 0 Å². The van der Waals surface area contributed by atoms with Crippen LogP contribution in [0.15, 0.2) is 0 Å². The Hall–Kier alpha value is -0.660. The first-order valence-electron chi connectivity index (χ1n) is 10.9. The fraction of sp³-hybridized carbons (Fsp3) is 0.950. The lowest BCUT2D eigenvalue weighted by Gasteiger charge is -2.57. The molecule has 4 aliphatic heterocycles.